The van der Waals surface area contributed by atoms with Crippen molar-refractivity contribution >= 4 is 17.9 Å². The Morgan fingerprint density at radius 1 is 0.679 bits per heavy atom. The zero-order valence-corrected chi connectivity index (χ0v) is 17.6. The highest BCUT2D eigenvalue weighted by molar-refractivity contribution is 5.70. The lowest BCUT2D eigenvalue weighted by Crippen LogP contribution is -2.38. The highest BCUT2D eigenvalue weighted by Gasteiger charge is 2.34. The van der Waals surface area contributed by atoms with Crippen LogP contribution in [0.25, 0.3) is 0 Å². The molecule has 160 valence electrons. The van der Waals surface area contributed by atoms with Gasteiger partial charge in [0, 0.05) is 19.3 Å². The second kappa shape index (κ2) is 15.8. The second-order valence-electron chi connectivity index (χ2n) is 6.59. The number of carbonyl (C=O) groups is 3. The SMILES string of the molecule is CCCOC#CC(COC(=O)CCC)(COC(=O)CCC)COC(=O)CCC. The van der Waals surface area contributed by atoms with Crippen molar-refractivity contribution in [3.63, 3.8) is 0 Å². The molecule has 0 saturated carbocycles. The van der Waals surface area contributed by atoms with E-state index in [4.69, 9.17) is 18.9 Å². The van der Waals surface area contributed by atoms with Gasteiger partial charge in [0.05, 0.1) is 6.61 Å². The lowest BCUT2D eigenvalue weighted by atomic mass is 9.92. The molecular weight excluding hydrogens is 364 g/mol. The molecule has 0 aromatic carbocycles. The predicted molar refractivity (Wildman–Crippen MR) is 104 cm³/mol. The zero-order valence-electron chi connectivity index (χ0n) is 17.6. The molecule has 0 N–H and O–H groups in total. The Morgan fingerprint density at radius 3 is 1.39 bits per heavy atom. The van der Waals surface area contributed by atoms with Crippen LogP contribution in [0.1, 0.15) is 72.6 Å². The van der Waals surface area contributed by atoms with Crippen LogP contribution in [0.4, 0.5) is 0 Å². The molecule has 0 aromatic rings. The first kappa shape index (κ1) is 25.8. The van der Waals surface area contributed by atoms with Crippen molar-refractivity contribution in [2.24, 2.45) is 5.41 Å². The van der Waals surface area contributed by atoms with E-state index in [-0.39, 0.29) is 57.0 Å². The number of rotatable bonds is 14. The van der Waals surface area contributed by atoms with Crippen LogP contribution in [-0.4, -0.2) is 44.3 Å². The topological polar surface area (TPSA) is 88.1 Å². The lowest BCUT2D eigenvalue weighted by molar-refractivity contribution is -0.157. The summed E-state index contributed by atoms with van der Waals surface area (Å²) in [5.41, 5.74) is -1.18. The molecule has 0 bridgehead atoms. The third-order valence-corrected chi connectivity index (χ3v) is 3.59. The van der Waals surface area contributed by atoms with E-state index >= 15 is 0 Å². The van der Waals surface area contributed by atoms with Crippen molar-refractivity contribution in [1.82, 2.24) is 0 Å². The molecule has 0 atom stereocenters. The van der Waals surface area contributed by atoms with Gasteiger partial charge in [0.2, 0.25) is 0 Å². The number of ether oxygens (including phenoxy) is 4. The monoisotopic (exact) mass is 398 g/mol. The second-order valence-corrected chi connectivity index (χ2v) is 6.59. The first-order chi connectivity index (χ1) is 13.4. The van der Waals surface area contributed by atoms with Crippen molar-refractivity contribution in [3.8, 4) is 12.0 Å². The van der Waals surface area contributed by atoms with E-state index in [1.165, 1.54) is 0 Å². The summed E-state index contributed by atoms with van der Waals surface area (Å²) >= 11 is 0. The Hall–Kier alpha value is -2.23. The van der Waals surface area contributed by atoms with Crippen LogP contribution in [0.3, 0.4) is 0 Å². The molecule has 0 amide bonds. The Kier molecular flexibility index (Phi) is 14.5. The summed E-state index contributed by atoms with van der Waals surface area (Å²) in [5.74, 6) is 1.70. The van der Waals surface area contributed by atoms with E-state index in [2.05, 4.69) is 12.0 Å². The van der Waals surface area contributed by atoms with Gasteiger partial charge in [-0.15, -0.1) is 0 Å². The van der Waals surface area contributed by atoms with Gasteiger partial charge in [-0.05, 0) is 31.6 Å². The summed E-state index contributed by atoms with van der Waals surface area (Å²) in [6.07, 6.45) is 6.09. The van der Waals surface area contributed by atoms with Crippen molar-refractivity contribution in [2.75, 3.05) is 26.4 Å². The third-order valence-electron chi connectivity index (χ3n) is 3.59. The molecule has 0 rings (SSSR count). The van der Waals surface area contributed by atoms with Crippen LogP contribution in [0.2, 0.25) is 0 Å². The van der Waals surface area contributed by atoms with Gasteiger partial charge in [0.15, 0.2) is 0 Å². The maximum absolute atomic E-state index is 11.8. The molecule has 0 spiro atoms. The summed E-state index contributed by atoms with van der Waals surface area (Å²) in [6.45, 7) is 7.50. The van der Waals surface area contributed by atoms with Gasteiger partial charge in [-0.3, -0.25) is 14.4 Å². The average Bonchev–Trinajstić information content (AvgIpc) is 2.67. The highest BCUT2D eigenvalue weighted by atomic mass is 16.6. The Bertz CT molecular complexity index is 476. The van der Waals surface area contributed by atoms with E-state index in [9.17, 15) is 14.4 Å². The molecular formula is C21H34O7. The van der Waals surface area contributed by atoms with Gasteiger partial charge in [0.25, 0.3) is 0 Å². The van der Waals surface area contributed by atoms with Crippen LogP contribution < -0.4 is 0 Å². The van der Waals surface area contributed by atoms with E-state index in [1.807, 2.05) is 27.7 Å². The summed E-state index contributed by atoms with van der Waals surface area (Å²) in [4.78, 5) is 35.5. The number of carbonyl (C=O) groups excluding carboxylic acids is 3. The molecule has 0 aromatic heterocycles. The molecule has 0 saturated heterocycles. The molecule has 0 aliphatic heterocycles. The van der Waals surface area contributed by atoms with Crippen LogP contribution >= 0.6 is 0 Å². The smallest absolute Gasteiger partial charge is 0.305 e. The van der Waals surface area contributed by atoms with Crippen LogP contribution in [-0.2, 0) is 33.3 Å². The predicted octanol–water partition coefficient (Wildman–Crippen LogP) is 3.39. The molecule has 28 heavy (non-hydrogen) atoms. The van der Waals surface area contributed by atoms with Gasteiger partial charge in [-0.1, -0.05) is 27.7 Å². The van der Waals surface area contributed by atoms with Crippen molar-refractivity contribution < 1.29 is 33.3 Å². The summed E-state index contributed by atoms with van der Waals surface area (Å²) < 4.78 is 21.1. The fraction of sp³-hybridized carbons (Fsp3) is 0.762. The van der Waals surface area contributed by atoms with Gasteiger partial charge in [-0.25, -0.2) is 0 Å². The molecule has 0 unspecified atom stereocenters. The average molecular weight is 398 g/mol. The standard InChI is InChI=1S/C21H34O7/c1-5-9-18(22)26-15-21(12-14-25-13-8-4,16-27-19(23)10-6-2)17-28-20(24)11-7-3/h5-11,13,15-17H2,1-4H3. The zero-order chi connectivity index (χ0) is 21.3. The van der Waals surface area contributed by atoms with Crippen molar-refractivity contribution in [1.29, 1.82) is 0 Å². The van der Waals surface area contributed by atoms with E-state index in [0.29, 0.717) is 25.9 Å². The van der Waals surface area contributed by atoms with E-state index in [0.717, 1.165) is 6.42 Å². The Balaban J connectivity index is 5.37. The highest BCUT2D eigenvalue weighted by Crippen LogP contribution is 2.20. The maximum atomic E-state index is 11.8. The van der Waals surface area contributed by atoms with Crippen molar-refractivity contribution in [2.45, 2.75) is 72.6 Å². The molecule has 0 aliphatic carbocycles. The van der Waals surface area contributed by atoms with Crippen LogP contribution in [0.5, 0.6) is 0 Å². The molecule has 0 aliphatic rings. The van der Waals surface area contributed by atoms with Gasteiger partial charge < -0.3 is 18.9 Å². The number of hydrogen-bond donors (Lipinski definition) is 0. The first-order valence-electron chi connectivity index (χ1n) is 10.0. The minimum absolute atomic E-state index is 0.160. The first-order valence-corrected chi connectivity index (χ1v) is 10.0. The van der Waals surface area contributed by atoms with Gasteiger partial charge in [-0.2, -0.15) is 0 Å². The van der Waals surface area contributed by atoms with Crippen LogP contribution in [0.15, 0.2) is 0 Å². The van der Waals surface area contributed by atoms with Crippen molar-refractivity contribution in [3.05, 3.63) is 0 Å². The molecule has 0 heterocycles. The molecule has 0 fully saturated rings. The maximum Gasteiger partial charge on any atom is 0.305 e. The quantitative estimate of drug-likeness (QED) is 0.192. The number of esters is 3. The van der Waals surface area contributed by atoms with Gasteiger partial charge >= 0.3 is 17.9 Å². The normalized spacial score (nSPS) is 10.4. The molecule has 7 nitrogen and oxygen atoms in total. The summed E-state index contributed by atoms with van der Waals surface area (Å²) in [5, 5.41) is 0. The fourth-order valence-electron chi connectivity index (χ4n) is 2.02. The summed E-state index contributed by atoms with van der Waals surface area (Å²) in [7, 11) is 0. The van der Waals surface area contributed by atoms with E-state index < -0.39 is 5.41 Å². The van der Waals surface area contributed by atoms with E-state index in [1.54, 1.807) is 0 Å². The minimum atomic E-state index is -1.18. The van der Waals surface area contributed by atoms with Crippen LogP contribution in [0, 0.1) is 17.4 Å². The largest absolute Gasteiger partial charge is 0.464 e. The van der Waals surface area contributed by atoms with Gasteiger partial charge in [0.1, 0.15) is 31.3 Å². The Labute approximate surface area is 168 Å². The Morgan fingerprint density at radius 2 is 1.07 bits per heavy atom. The summed E-state index contributed by atoms with van der Waals surface area (Å²) in [6, 6.07) is 0. The molecule has 7 heteroatoms. The lowest BCUT2D eigenvalue weighted by Gasteiger charge is -2.27. The molecule has 0 radical (unpaired) electrons. The number of hydrogen-bond acceptors (Lipinski definition) is 7. The third kappa shape index (κ3) is 12.2. The minimum Gasteiger partial charge on any atom is -0.464 e. The fourth-order valence-corrected chi connectivity index (χ4v) is 2.02.